The minimum absolute atomic E-state index is 0.00931. The van der Waals surface area contributed by atoms with E-state index >= 15 is 0 Å². The first kappa shape index (κ1) is 21.2. The molecule has 164 valence electrons. The van der Waals surface area contributed by atoms with E-state index in [2.05, 4.69) is 20.4 Å². The molecule has 0 N–H and O–H groups in total. The van der Waals surface area contributed by atoms with Gasteiger partial charge in [0.2, 0.25) is 5.91 Å². The van der Waals surface area contributed by atoms with Crippen molar-refractivity contribution in [2.24, 2.45) is 0 Å². The quantitative estimate of drug-likeness (QED) is 0.330. The van der Waals surface area contributed by atoms with Crippen LogP contribution in [0.3, 0.4) is 0 Å². The maximum Gasteiger partial charge on any atom is 0.269 e. The van der Waals surface area contributed by atoms with E-state index in [1.165, 1.54) is 30.3 Å². The topological polar surface area (TPSA) is 110 Å². The molecule has 2 aromatic carbocycles. The van der Waals surface area contributed by atoms with Gasteiger partial charge in [0, 0.05) is 44.4 Å². The fourth-order valence-corrected chi connectivity index (χ4v) is 3.39. The summed E-state index contributed by atoms with van der Waals surface area (Å²) < 4.78 is 14.7. The number of aromatic nitrogens is 4. The van der Waals surface area contributed by atoms with Gasteiger partial charge >= 0.3 is 0 Å². The van der Waals surface area contributed by atoms with Crippen LogP contribution in [0.25, 0.3) is 11.8 Å². The Hall–Kier alpha value is -3.99. The van der Waals surface area contributed by atoms with Gasteiger partial charge in [0.15, 0.2) is 5.82 Å². The molecule has 0 bridgehead atoms. The highest BCUT2D eigenvalue weighted by molar-refractivity contribution is 5.91. The molecule has 0 atom stereocenters. The molecule has 1 fully saturated rings. The van der Waals surface area contributed by atoms with E-state index in [1.54, 1.807) is 39.9 Å². The number of nitrogens with zero attached hydrogens (tertiary/aromatic N) is 7. The van der Waals surface area contributed by atoms with E-state index in [4.69, 9.17) is 0 Å². The third-order valence-electron chi connectivity index (χ3n) is 5.18. The van der Waals surface area contributed by atoms with Crippen LogP contribution >= 0.6 is 0 Å². The zero-order valence-corrected chi connectivity index (χ0v) is 17.0. The van der Waals surface area contributed by atoms with Gasteiger partial charge in [-0.2, -0.15) is 4.68 Å². The fourth-order valence-electron chi connectivity index (χ4n) is 3.39. The molecule has 1 aliphatic rings. The Morgan fingerprint density at radius 1 is 1.06 bits per heavy atom. The van der Waals surface area contributed by atoms with Crippen molar-refractivity contribution < 1.29 is 14.1 Å². The molecule has 1 amide bonds. The van der Waals surface area contributed by atoms with Crippen LogP contribution < -0.4 is 0 Å². The molecule has 11 heteroatoms. The smallest absolute Gasteiger partial charge is 0.269 e. The first-order chi connectivity index (χ1) is 15.5. The molecule has 0 unspecified atom stereocenters. The molecule has 32 heavy (non-hydrogen) atoms. The lowest BCUT2D eigenvalue weighted by Crippen LogP contribution is -2.48. The van der Waals surface area contributed by atoms with Crippen LogP contribution in [-0.2, 0) is 11.3 Å². The van der Waals surface area contributed by atoms with Gasteiger partial charge in [0.1, 0.15) is 5.82 Å². The molecule has 2 heterocycles. The second-order valence-corrected chi connectivity index (χ2v) is 7.27. The third kappa shape index (κ3) is 5.01. The van der Waals surface area contributed by atoms with E-state index in [1.807, 2.05) is 0 Å². The van der Waals surface area contributed by atoms with E-state index in [0.717, 1.165) is 5.56 Å². The first-order valence-corrected chi connectivity index (χ1v) is 9.96. The number of carbonyl (C=O) groups excluding carboxylic acids is 1. The summed E-state index contributed by atoms with van der Waals surface area (Å²) in [5, 5.41) is 22.5. The van der Waals surface area contributed by atoms with Gasteiger partial charge < -0.3 is 4.90 Å². The monoisotopic (exact) mass is 437 g/mol. The van der Waals surface area contributed by atoms with Crippen molar-refractivity contribution in [1.29, 1.82) is 0 Å². The molecular formula is C21H20FN7O3. The number of hydrogen-bond donors (Lipinski definition) is 0. The standard InChI is InChI=1S/C21H20FN7O3/c22-17-4-8-18(9-5-17)28-20(23-24-25-28)15-26-11-13-27(14-12-26)21(30)10-3-16-1-6-19(7-2-16)29(31)32/h1-10H,11-15H2/b10-3-. The number of hydrogen-bond acceptors (Lipinski definition) is 7. The maximum absolute atomic E-state index is 13.2. The van der Waals surface area contributed by atoms with Gasteiger partial charge in [0.05, 0.1) is 17.2 Å². The Balaban J connectivity index is 1.31. The molecule has 3 aromatic rings. The van der Waals surface area contributed by atoms with Gasteiger partial charge in [-0.15, -0.1) is 5.10 Å². The SMILES string of the molecule is O=C(/C=C\c1ccc([N+](=O)[O-])cc1)N1CCN(Cc2nnnn2-c2ccc(F)cc2)CC1. The van der Waals surface area contributed by atoms with E-state index in [-0.39, 0.29) is 17.4 Å². The Kier molecular flexibility index (Phi) is 6.26. The van der Waals surface area contributed by atoms with Crippen LogP contribution in [0.5, 0.6) is 0 Å². The molecule has 1 saturated heterocycles. The minimum atomic E-state index is -0.462. The number of benzene rings is 2. The lowest BCUT2D eigenvalue weighted by Gasteiger charge is -2.33. The van der Waals surface area contributed by atoms with Gasteiger partial charge in [-0.1, -0.05) is 0 Å². The number of non-ortho nitro benzene ring substituents is 1. The lowest BCUT2D eigenvalue weighted by atomic mass is 10.2. The van der Waals surface area contributed by atoms with Gasteiger partial charge in [-0.3, -0.25) is 19.8 Å². The zero-order chi connectivity index (χ0) is 22.5. The minimum Gasteiger partial charge on any atom is -0.337 e. The van der Waals surface area contributed by atoms with Crippen LogP contribution in [0.2, 0.25) is 0 Å². The third-order valence-corrected chi connectivity index (χ3v) is 5.18. The highest BCUT2D eigenvalue weighted by Crippen LogP contribution is 2.14. The molecule has 0 radical (unpaired) electrons. The number of rotatable bonds is 6. The summed E-state index contributed by atoms with van der Waals surface area (Å²) >= 11 is 0. The second kappa shape index (κ2) is 9.43. The van der Waals surface area contributed by atoms with E-state index < -0.39 is 4.92 Å². The van der Waals surface area contributed by atoms with Crippen LogP contribution in [0.15, 0.2) is 54.6 Å². The Bertz CT molecular complexity index is 1120. The number of carbonyl (C=O) groups is 1. The van der Waals surface area contributed by atoms with Crippen molar-refractivity contribution in [3.8, 4) is 5.69 Å². The van der Waals surface area contributed by atoms with Crippen LogP contribution in [0, 0.1) is 15.9 Å². The lowest BCUT2D eigenvalue weighted by molar-refractivity contribution is -0.384. The van der Waals surface area contributed by atoms with Crippen molar-refractivity contribution >= 4 is 17.7 Å². The number of nitro groups is 1. The Labute approximate surface area is 182 Å². The van der Waals surface area contributed by atoms with Gasteiger partial charge in [-0.05, 0) is 58.5 Å². The first-order valence-electron chi connectivity index (χ1n) is 9.96. The molecule has 4 rings (SSSR count). The predicted octanol–water partition coefficient (Wildman–Crippen LogP) is 2.07. The van der Waals surface area contributed by atoms with E-state index in [9.17, 15) is 19.3 Å². The average Bonchev–Trinajstić information content (AvgIpc) is 3.27. The van der Waals surface area contributed by atoms with Gasteiger partial charge in [-0.25, -0.2) is 4.39 Å². The fraction of sp³-hybridized carbons (Fsp3) is 0.238. The molecule has 0 saturated carbocycles. The highest BCUT2D eigenvalue weighted by atomic mass is 19.1. The summed E-state index contributed by atoms with van der Waals surface area (Å²) in [6.45, 7) is 2.94. The van der Waals surface area contributed by atoms with Crippen molar-refractivity contribution in [3.63, 3.8) is 0 Å². The summed E-state index contributed by atoms with van der Waals surface area (Å²) in [7, 11) is 0. The number of tetrazole rings is 1. The summed E-state index contributed by atoms with van der Waals surface area (Å²) in [5.41, 5.74) is 1.40. The van der Waals surface area contributed by atoms with Crippen molar-refractivity contribution in [2.45, 2.75) is 6.54 Å². The normalized spacial score (nSPS) is 14.7. The summed E-state index contributed by atoms with van der Waals surface area (Å²) in [4.78, 5) is 26.6. The molecule has 1 aliphatic heterocycles. The number of halogens is 1. The summed E-state index contributed by atoms with van der Waals surface area (Å²) in [6.07, 6.45) is 3.13. The van der Waals surface area contributed by atoms with E-state index in [0.29, 0.717) is 44.2 Å². The zero-order valence-electron chi connectivity index (χ0n) is 17.0. The second-order valence-electron chi connectivity index (χ2n) is 7.27. The summed E-state index contributed by atoms with van der Waals surface area (Å²) in [6, 6.07) is 12.0. The molecule has 1 aromatic heterocycles. The summed E-state index contributed by atoms with van der Waals surface area (Å²) in [5.74, 6) is 0.195. The Morgan fingerprint density at radius 3 is 2.41 bits per heavy atom. The highest BCUT2D eigenvalue weighted by Gasteiger charge is 2.21. The van der Waals surface area contributed by atoms with Gasteiger partial charge in [0.25, 0.3) is 5.69 Å². The number of nitro benzene ring substituents is 1. The molecular weight excluding hydrogens is 417 g/mol. The van der Waals surface area contributed by atoms with Crippen LogP contribution in [0.1, 0.15) is 11.4 Å². The van der Waals surface area contributed by atoms with Crippen molar-refractivity contribution in [2.75, 3.05) is 26.2 Å². The van der Waals surface area contributed by atoms with Crippen molar-refractivity contribution in [3.05, 3.63) is 81.9 Å². The maximum atomic E-state index is 13.2. The largest absolute Gasteiger partial charge is 0.337 e. The van der Waals surface area contributed by atoms with Crippen LogP contribution in [-0.4, -0.2) is 67.0 Å². The van der Waals surface area contributed by atoms with Crippen molar-refractivity contribution in [1.82, 2.24) is 30.0 Å². The number of amides is 1. The Morgan fingerprint density at radius 2 is 1.75 bits per heavy atom. The molecule has 0 aliphatic carbocycles. The molecule has 0 spiro atoms. The predicted molar refractivity (Wildman–Crippen MR) is 113 cm³/mol. The molecule has 10 nitrogen and oxygen atoms in total. The van der Waals surface area contributed by atoms with Crippen LogP contribution in [0.4, 0.5) is 10.1 Å². The number of piperazine rings is 1. The average molecular weight is 437 g/mol.